The Hall–Kier alpha value is -2.38. The van der Waals surface area contributed by atoms with E-state index in [0.717, 1.165) is 10.2 Å². The quantitative estimate of drug-likeness (QED) is 0.681. The highest BCUT2D eigenvalue weighted by atomic mass is 35.5. The number of ether oxygens (including phenoxy) is 1. The van der Waals surface area contributed by atoms with Gasteiger partial charge >= 0.3 is 11.9 Å². The molecule has 23 heavy (non-hydrogen) atoms. The SMILES string of the molecule is COC(=O)Cn1c(=NC(=O)c2ccco2)sc2cc(Cl)ccc21. The Balaban J connectivity index is 2.16. The number of rotatable bonds is 3. The van der Waals surface area contributed by atoms with Gasteiger partial charge in [-0.3, -0.25) is 9.59 Å². The molecule has 0 aliphatic heterocycles. The Morgan fingerprint density at radius 2 is 2.22 bits per heavy atom. The van der Waals surface area contributed by atoms with Crippen LogP contribution in [0.15, 0.2) is 46.0 Å². The Morgan fingerprint density at radius 1 is 1.39 bits per heavy atom. The summed E-state index contributed by atoms with van der Waals surface area (Å²) in [7, 11) is 1.30. The summed E-state index contributed by atoms with van der Waals surface area (Å²) in [5, 5.41) is 0.563. The van der Waals surface area contributed by atoms with Crippen molar-refractivity contribution in [3.05, 3.63) is 52.2 Å². The Bertz CT molecular complexity index is 940. The molecule has 0 unspecified atom stereocenters. The molecule has 3 aromatic rings. The van der Waals surface area contributed by atoms with E-state index in [4.69, 9.17) is 20.8 Å². The Labute approximate surface area is 139 Å². The van der Waals surface area contributed by atoms with Crippen molar-refractivity contribution in [3.8, 4) is 0 Å². The van der Waals surface area contributed by atoms with Crippen LogP contribution < -0.4 is 4.80 Å². The summed E-state index contributed by atoms with van der Waals surface area (Å²) >= 11 is 7.25. The number of hydrogen-bond donors (Lipinski definition) is 0. The zero-order chi connectivity index (χ0) is 16.4. The first kappa shape index (κ1) is 15.5. The minimum atomic E-state index is -0.522. The van der Waals surface area contributed by atoms with Crippen LogP contribution in [0.3, 0.4) is 0 Å². The number of furan rings is 1. The van der Waals surface area contributed by atoms with Gasteiger partial charge in [0.05, 0.1) is 23.6 Å². The van der Waals surface area contributed by atoms with Gasteiger partial charge in [-0.1, -0.05) is 22.9 Å². The first-order valence-corrected chi connectivity index (χ1v) is 7.76. The number of aromatic nitrogens is 1. The Kier molecular flexibility index (Phi) is 4.31. The molecule has 0 bridgehead atoms. The van der Waals surface area contributed by atoms with Crippen LogP contribution in [0, 0.1) is 0 Å². The summed E-state index contributed by atoms with van der Waals surface area (Å²) < 4.78 is 12.2. The fourth-order valence-corrected chi connectivity index (χ4v) is 3.32. The maximum Gasteiger partial charge on any atom is 0.325 e. The maximum absolute atomic E-state index is 12.1. The molecule has 0 saturated heterocycles. The summed E-state index contributed by atoms with van der Waals surface area (Å²) in [5.41, 5.74) is 0.746. The van der Waals surface area contributed by atoms with Crippen molar-refractivity contribution in [1.82, 2.24) is 4.57 Å². The van der Waals surface area contributed by atoms with Gasteiger partial charge in [-0.05, 0) is 30.3 Å². The highest BCUT2D eigenvalue weighted by molar-refractivity contribution is 7.16. The molecule has 0 aliphatic carbocycles. The number of hydrogen-bond acceptors (Lipinski definition) is 5. The van der Waals surface area contributed by atoms with Crippen LogP contribution in [0.5, 0.6) is 0 Å². The normalized spacial score (nSPS) is 11.8. The molecule has 8 heteroatoms. The van der Waals surface area contributed by atoms with Gasteiger partial charge in [0.1, 0.15) is 6.54 Å². The third kappa shape index (κ3) is 3.20. The van der Waals surface area contributed by atoms with Crippen LogP contribution in [0.4, 0.5) is 0 Å². The van der Waals surface area contributed by atoms with Crippen LogP contribution >= 0.6 is 22.9 Å². The molecule has 1 aromatic carbocycles. The van der Waals surface area contributed by atoms with E-state index in [0.29, 0.717) is 9.82 Å². The molecule has 0 N–H and O–H groups in total. The second kappa shape index (κ2) is 6.39. The molecule has 0 fully saturated rings. The number of benzene rings is 1. The fraction of sp³-hybridized carbons (Fsp3) is 0.133. The number of esters is 1. The number of fused-ring (bicyclic) bond motifs is 1. The molecule has 0 saturated carbocycles. The Morgan fingerprint density at radius 3 is 2.91 bits per heavy atom. The van der Waals surface area contributed by atoms with Gasteiger partial charge in [0, 0.05) is 5.02 Å². The molecular weight excluding hydrogens is 340 g/mol. The van der Waals surface area contributed by atoms with Crippen molar-refractivity contribution in [2.45, 2.75) is 6.54 Å². The molecule has 0 atom stereocenters. The second-order valence-electron chi connectivity index (χ2n) is 4.55. The van der Waals surface area contributed by atoms with Crippen LogP contribution in [-0.2, 0) is 16.1 Å². The van der Waals surface area contributed by atoms with Crippen molar-refractivity contribution >= 4 is 45.0 Å². The number of halogens is 1. The van der Waals surface area contributed by atoms with Crippen LogP contribution in [0.2, 0.25) is 5.02 Å². The molecular formula is C15H11ClN2O4S. The van der Waals surface area contributed by atoms with E-state index in [1.54, 1.807) is 28.8 Å². The van der Waals surface area contributed by atoms with Crippen molar-refractivity contribution < 1.29 is 18.7 Å². The summed E-state index contributed by atoms with van der Waals surface area (Å²) in [5.74, 6) is -0.831. The first-order chi connectivity index (χ1) is 11.1. The third-order valence-electron chi connectivity index (χ3n) is 3.09. The van der Waals surface area contributed by atoms with Crippen LogP contribution in [-0.4, -0.2) is 23.6 Å². The number of amides is 1. The highest BCUT2D eigenvalue weighted by Crippen LogP contribution is 2.22. The molecule has 2 aromatic heterocycles. The number of carbonyl (C=O) groups is 2. The smallest absolute Gasteiger partial charge is 0.325 e. The van der Waals surface area contributed by atoms with Gasteiger partial charge in [0.25, 0.3) is 0 Å². The molecule has 2 heterocycles. The minimum Gasteiger partial charge on any atom is -0.468 e. The van der Waals surface area contributed by atoms with Crippen molar-refractivity contribution in [2.75, 3.05) is 7.11 Å². The van der Waals surface area contributed by atoms with E-state index in [1.165, 1.54) is 30.8 Å². The molecule has 0 radical (unpaired) electrons. The van der Waals surface area contributed by atoms with Gasteiger partial charge in [0.2, 0.25) is 0 Å². The monoisotopic (exact) mass is 350 g/mol. The van der Waals surface area contributed by atoms with E-state index in [-0.39, 0.29) is 12.3 Å². The third-order valence-corrected chi connectivity index (χ3v) is 4.37. The van der Waals surface area contributed by atoms with E-state index in [2.05, 4.69) is 4.99 Å². The lowest BCUT2D eigenvalue weighted by Crippen LogP contribution is -2.22. The minimum absolute atomic E-state index is 0.0532. The molecule has 0 aliphatic rings. The highest BCUT2D eigenvalue weighted by Gasteiger charge is 2.13. The maximum atomic E-state index is 12.1. The zero-order valence-electron chi connectivity index (χ0n) is 12.0. The second-order valence-corrected chi connectivity index (χ2v) is 6.00. The fourth-order valence-electron chi connectivity index (χ4n) is 2.02. The summed E-state index contributed by atoms with van der Waals surface area (Å²) in [6.45, 7) is -0.0532. The van der Waals surface area contributed by atoms with E-state index >= 15 is 0 Å². The van der Waals surface area contributed by atoms with Gasteiger partial charge in [-0.15, -0.1) is 0 Å². The van der Waals surface area contributed by atoms with E-state index < -0.39 is 11.9 Å². The molecule has 118 valence electrons. The average molecular weight is 351 g/mol. The summed E-state index contributed by atoms with van der Waals surface area (Å²) in [4.78, 5) is 28.2. The van der Waals surface area contributed by atoms with E-state index in [9.17, 15) is 9.59 Å². The van der Waals surface area contributed by atoms with Gasteiger partial charge in [-0.25, -0.2) is 0 Å². The molecule has 3 rings (SSSR count). The summed E-state index contributed by atoms with van der Waals surface area (Å²) in [6.07, 6.45) is 1.40. The van der Waals surface area contributed by atoms with Crippen molar-refractivity contribution in [2.24, 2.45) is 4.99 Å². The lowest BCUT2D eigenvalue weighted by molar-refractivity contribution is -0.141. The largest absolute Gasteiger partial charge is 0.468 e. The van der Waals surface area contributed by atoms with E-state index in [1.807, 2.05) is 0 Å². The number of nitrogens with zero attached hydrogens (tertiary/aromatic N) is 2. The lowest BCUT2D eigenvalue weighted by Gasteiger charge is -2.03. The zero-order valence-corrected chi connectivity index (χ0v) is 13.6. The topological polar surface area (TPSA) is 73.8 Å². The first-order valence-electron chi connectivity index (χ1n) is 6.57. The van der Waals surface area contributed by atoms with Crippen molar-refractivity contribution in [3.63, 3.8) is 0 Å². The molecule has 0 spiro atoms. The number of carbonyl (C=O) groups excluding carboxylic acids is 2. The van der Waals surface area contributed by atoms with Gasteiger partial charge < -0.3 is 13.7 Å². The molecule has 6 nitrogen and oxygen atoms in total. The standard InChI is InChI=1S/C15H11ClN2O4S/c1-21-13(19)8-18-10-5-4-9(16)7-12(10)23-15(18)17-14(20)11-3-2-6-22-11/h2-7H,8H2,1H3. The predicted octanol–water partition coefficient (Wildman–Crippen LogP) is 2.86. The number of thiazole rings is 1. The van der Waals surface area contributed by atoms with Crippen LogP contribution in [0.25, 0.3) is 10.2 Å². The number of methoxy groups -OCH3 is 1. The van der Waals surface area contributed by atoms with Crippen molar-refractivity contribution in [1.29, 1.82) is 0 Å². The van der Waals surface area contributed by atoms with Gasteiger partial charge in [-0.2, -0.15) is 4.99 Å². The lowest BCUT2D eigenvalue weighted by atomic mass is 10.3. The predicted molar refractivity (Wildman–Crippen MR) is 85.4 cm³/mol. The molecule has 1 amide bonds. The van der Waals surface area contributed by atoms with Gasteiger partial charge in [0.15, 0.2) is 10.6 Å². The average Bonchev–Trinajstić information content (AvgIpc) is 3.16. The summed E-state index contributed by atoms with van der Waals surface area (Å²) in [6, 6.07) is 8.37. The van der Waals surface area contributed by atoms with Crippen LogP contribution in [0.1, 0.15) is 10.6 Å².